The van der Waals surface area contributed by atoms with Crippen LogP contribution in [-0.2, 0) is 0 Å². The topological polar surface area (TPSA) is 23.6 Å². The van der Waals surface area contributed by atoms with E-state index in [0.29, 0.717) is 16.4 Å². The standard InChI is InChI=1S/C16H20BrFN2O/c1-19-7-2-3-11-10-20(8-6-15(11)19)16(21)13-5-4-12(17)9-14(13)18/h4-5,9,11,15H,2-3,6-8,10H2,1H3. The predicted molar refractivity (Wildman–Crippen MR) is 83.8 cm³/mol. The van der Waals surface area contributed by atoms with Crippen molar-refractivity contribution in [1.29, 1.82) is 0 Å². The molecule has 0 spiro atoms. The van der Waals surface area contributed by atoms with Gasteiger partial charge in [-0.2, -0.15) is 0 Å². The van der Waals surface area contributed by atoms with Crippen LogP contribution in [0.1, 0.15) is 29.6 Å². The number of hydrogen-bond acceptors (Lipinski definition) is 2. The van der Waals surface area contributed by atoms with Gasteiger partial charge in [0.1, 0.15) is 5.82 Å². The molecule has 2 saturated heterocycles. The van der Waals surface area contributed by atoms with Crippen LogP contribution in [0.2, 0.25) is 0 Å². The van der Waals surface area contributed by atoms with Crippen molar-refractivity contribution in [3.05, 3.63) is 34.1 Å². The van der Waals surface area contributed by atoms with Crippen LogP contribution in [0.3, 0.4) is 0 Å². The second-order valence-electron chi connectivity index (χ2n) is 6.11. The summed E-state index contributed by atoms with van der Waals surface area (Å²) in [5.74, 6) is -0.0936. The fourth-order valence-electron chi connectivity index (χ4n) is 3.67. The Hall–Kier alpha value is -0.940. The average Bonchev–Trinajstić information content (AvgIpc) is 2.46. The van der Waals surface area contributed by atoms with Crippen molar-refractivity contribution in [2.75, 3.05) is 26.7 Å². The Labute approximate surface area is 133 Å². The van der Waals surface area contributed by atoms with E-state index < -0.39 is 5.82 Å². The average molecular weight is 355 g/mol. The molecule has 2 unspecified atom stereocenters. The number of nitrogens with zero attached hydrogens (tertiary/aromatic N) is 2. The number of fused-ring (bicyclic) bond motifs is 1. The van der Waals surface area contributed by atoms with Gasteiger partial charge in [0.2, 0.25) is 0 Å². The van der Waals surface area contributed by atoms with E-state index in [4.69, 9.17) is 0 Å². The van der Waals surface area contributed by atoms with E-state index in [2.05, 4.69) is 27.9 Å². The number of halogens is 2. The highest BCUT2D eigenvalue weighted by atomic mass is 79.9. The fraction of sp³-hybridized carbons (Fsp3) is 0.562. The van der Waals surface area contributed by atoms with Crippen LogP contribution in [0.4, 0.5) is 4.39 Å². The third kappa shape index (κ3) is 2.99. The number of rotatable bonds is 1. The SMILES string of the molecule is CN1CCCC2CN(C(=O)c3ccc(Br)cc3F)CCC21. The predicted octanol–water partition coefficient (Wildman–Crippen LogP) is 3.14. The number of piperidine rings is 2. The first-order valence-electron chi connectivity index (χ1n) is 7.51. The summed E-state index contributed by atoms with van der Waals surface area (Å²) >= 11 is 3.22. The molecule has 2 heterocycles. The molecule has 1 amide bonds. The fourth-order valence-corrected chi connectivity index (χ4v) is 4.00. The number of hydrogen-bond donors (Lipinski definition) is 0. The molecule has 3 rings (SSSR count). The summed E-state index contributed by atoms with van der Waals surface area (Å²) in [4.78, 5) is 16.8. The molecule has 3 nitrogen and oxygen atoms in total. The Bertz CT molecular complexity index is 551. The van der Waals surface area contributed by atoms with Gasteiger partial charge in [0, 0.05) is 23.6 Å². The first kappa shape index (κ1) is 15.0. The van der Waals surface area contributed by atoms with Crippen molar-refractivity contribution < 1.29 is 9.18 Å². The van der Waals surface area contributed by atoms with E-state index in [9.17, 15) is 9.18 Å². The van der Waals surface area contributed by atoms with Crippen molar-refractivity contribution in [2.24, 2.45) is 5.92 Å². The molecule has 2 aliphatic heterocycles. The van der Waals surface area contributed by atoms with Gasteiger partial charge in [0.05, 0.1) is 5.56 Å². The van der Waals surface area contributed by atoms with Crippen molar-refractivity contribution in [1.82, 2.24) is 9.80 Å². The van der Waals surface area contributed by atoms with Crippen LogP contribution in [-0.4, -0.2) is 48.4 Å². The lowest BCUT2D eigenvalue weighted by Gasteiger charge is -2.46. The van der Waals surface area contributed by atoms with Gasteiger partial charge in [-0.25, -0.2) is 4.39 Å². The Morgan fingerprint density at radius 2 is 2.14 bits per heavy atom. The smallest absolute Gasteiger partial charge is 0.256 e. The van der Waals surface area contributed by atoms with Crippen molar-refractivity contribution >= 4 is 21.8 Å². The Morgan fingerprint density at radius 3 is 2.90 bits per heavy atom. The number of amides is 1. The minimum absolute atomic E-state index is 0.174. The normalized spacial score (nSPS) is 26.5. The van der Waals surface area contributed by atoms with Gasteiger partial charge in [0.25, 0.3) is 5.91 Å². The van der Waals surface area contributed by atoms with E-state index >= 15 is 0 Å². The summed E-state index contributed by atoms with van der Waals surface area (Å²) in [7, 11) is 2.17. The molecule has 0 bridgehead atoms. The van der Waals surface area contributed by atoms with E-state index in [1.807, 2.05) is 4.90 Å². The van der Waals surface area contributed by atoms with Gasteiger partial charge < -0.3 is 9.80 Å². The van der Waals surface area contributed by atoms with E-state index in [1.54, 1.807) is 12.1 Å². The molecule has 1 aromatic rings. The van der Waals surface area contributed by atoms with Crippen LogP contribution in [0, 0.1) is 11.7 Å². The number of benzene rings is 1. The summed E-state index contributed by atoms with van der Waals surface area (Å²) in [6.45, 7) is 2.62. The van der Waals surface area contributed by atoms with Crippen LogP contribution < -0.4 is 0 Å². The molecule has 2 aliphatic rings. The molecule has 2 fully saturated rings. The number of carbonyl (C=O) groups excluding carboxylic acids is 1. The van der Waals surface area contributed by atoms with Crippen LogP contribution in [0.25, 0.3) is 0 Å². The number of carbonyl (C=O) groups is 1. The van der Waals surface area contributed by atoms with Gasteiger partial charge in [-0.15, -0.1) is 0 Å². The van der Waals surface area contributed by atoms with E-state index in [1.165, 1.54) is 18.9 Å². The minimum atomic E-state index is -0.447. The summed E-state index contributed by atoms with van der Waals surface area (Å²) in [6, 6.07) is 5.23. The zero-order valence-electron chi connectivity index (χ0n) is 12.2. The maximum Gasteiger partial charge on any atom is 0.256 e. The monoisotopic (exact) mass is 354 g/mol. The summed E-state index contributed by atoms with van der Waals surface area (Å²) in [5, 5.41) is 0. The summed E-state index contributed by atoms with van der Waals surface area (Å²) in [6.07, 6.45) is 3.35. The second-order valence-corrected chi connectivity index (χ2v) is 7.03. The molecular weight excluding hydrogens is 335 g/mol. The van der Waals surface area contributed by atoms with Crippen LogP contribution >= 0.6 is 15.9 Å². The molecule has 21 heavy (non-hydrogen) atoms. The van der Waals surface area contributed by atoms with E-state index in [-0.39, 0.29) is 11.5 Å². The molecule has 0 aromatic heterocycles. The Morgan fingerprint density at radius 1 is 1.33 bits per heavy atom. The lowest BCUT2D eigenvalue weighted by atomic mass is 9.84. The third-order valence-corrected chi connectivity index (χ3v) is 5.29. The summed E-state index contributed by atoms with van der Waals surface area (Å²) < 4.78 is 14.6. The molecule has 0 N–H and O–H groups in total. The van der Waals surface area contributed by atoms with Crippen LogP contribution in [0.5, 0.6) is 0 Å². The molecule has 0 saturated carbocycles. The molecule has 1 aromatic carbocycles. The zero-order valence-corrected chi connectivity index (χ0v) is 13.8. The number of likely N-dealkylation sites (tertiary alicyclic amines) is 2. The maximum atomic E-state index is 14.0. The zero-order chi connectivity index (χ0) is 15.0. The first-order chi connectivity index (χ1) is 10.1. The quantitative estimate of drug-likeness (QED) is 0.773. The molecule has 0 radical (unpaired) electrons. The largest absolute Gasteiger partial charge is 0.338 e. The highest BCUT2D eigenvalue weighted by Gasteiger charge is 2.36. The lowest BCUT2D eigenvalue weighted by molar-refractivity contribution is 0.0314. The van der Waals surface area contributed by atoms with Gasteiger partial charge >= 0.3 is 0 Å². The van der Waals surface area contributed by atoms with E-state index in [0.717, 1.165) is 26.1 Å². The maximum absolute atomic E-state index is 14.0. The van der Waals surface area contributed by atoms with Gasteiger partial charge in [-0.3, -0.25) is 4.79 Å². The minimum Gasteiger partial charge on any atom is -0.338 e. The lowest BCUT2D eigenvalue weighted by Crippen LogP contribution is -2.54. The molecule has 0 aliphatic carbocycles. The van der Waals surface area contributed by atoms with Gasteiger partial charge in [-0.1, -0.05) is 15.9 Å². The summed E-state index contributed by atoms with van der Waals surface area (Å²) in [5.41, 5.74) is 0.181. The van der Waals surface area contributed by atoms with Gasteiger partial charge in [0.15, 0.2) is 0 Å². The third-order valence-electron chi connectivity index (χ3n) is 4.79. The highest BCUT2D eigenvalue weighted by molar-refractivity contribution is 9.10. The first-order valence-corrected chi connectivity index (χ1v) is 8.30. The molecule has 5 heteroatoms. The van der Waals surface area contributed by atoms with Crippen molar-refractivity contribution in [3.8, 4) is 0 Å². The van der Waals surface area contributed by atoms with Gasteiger partial charge in [-0.05, 0) is 57.0 Å². The second kappa shape index (κ2) is 6.05. The van der Waals surface area contributed by atoms with Crippen molar-refractivity contribution in [3.63, 3.8) is 0 Å². The molecule has 2 atom stereocenters. The molecule has 114 valence electrons. The Balaban J connectivity index is 1.74. The highest BCUT2D eigenvalue weighted by Crippen LogP contribution is 2.30. The molecular formula is C16H20BrFN2O. The Kier molecular flexibility index (Phi) is 4.31. The van der Waals surface area contributed by atoms with Crippen molar-refractivity contribution in [2.45, 2.75) is 25.3 Å². The van der Waals surface area contributed by atoms with Crippen LogP contribution in [0.15, 0.2) is 22.7 Å².